The zero-order chi connectivity index (χ0) is 12.5. The lowest BCUT2D eigenvalue weighted by atomic mass is 9.79. The first-order valence-electron chi connectivity index (χ1n) is 5.69. The molecule has 2 N–H and O–H groups in total. The second-order valence-electron chi connectivity index (χ2n) is 4.68. The van der Waals surface area contributed by atoms with Crippen molar-refractivity contribution in [2.45, 2.75) is 49.9 Å². The van der Waals surface area contributed by atoms with Crippen molar-refractivity contribution in [3.8, 4) is 0 Å². The molecular weight excluding hydrogens is 237 g/mol. The molecule has 0 unspecified atom stereocenters. The molecule has 1 saturated carbocycles. The van der Waals surface area contributed by atoms with Crippen LogP contribution in [0.15, 0.2) is 0 Å². The molecule has 0 bridgehead atoms. The largest absolute Gasteiger partial charge is 0.490 e. The molecular formula is C10H15F3N2O2. The van der Waals surface area contributed by atoms with E-state index in [4.69, 9.17) is 0 Å². The highest BCUT2D eigenvalue weighted by molar-refractivity contribution is 5.75. The smallest absolute Gasteiger partial charge is 0.456 e. The van der Waals surface area contributed by atoms with Gasteiger partial charge in [0.1, 0.15) is 6.10 Å². The first-order chi connectivity index (χ1) is 7.91. The van der Waals surface area contributed by atoms with Crippen molar-refractivity contribution < 1.29 is 22.7 Å². The van der Waals surface area contributed by atoms with Crippen LogP contribution in [-0.4, -0.2) is 30.3 Å². The Hall–Kier alpha value is -0.820. The van der Waals surface area contributed by atoms with Gasteiger partial charge in [0.05, 0.1) is 0 Å². The molecule has 1 aliphatic carbocycles. The van der Waals surface area contributed by atoms with Crippen LogP contribution in [-0.2, 0) is 9.53 Å². The minimum atomic E-state index is -4.89. The Morgan fingerprint density at radius 2 is 1.88 bits per heavy atom. The molecule has 0 aromatic rings. The summed E-state index contributed by atoms with van der Waals surface area (Å²) in [6.07, 6.45) is -2.09. The molecule has 0 aromatic carbocycles. The second kappa shape index (κ2) is 4.45. The maximum atomic E-state index is 12.0. The Morgan fingerprint density at radius 3 is 2.35 bits per heavy atom. The fraction of sp³-hybridized carbons (Fsp3) is 0.900. The molecule has 2 rings (SSSR count). The van der Waals surface area contributed by atoms with E-state index in [0.717, 1.165) is 25.8 Å². The van der Waals surface area contributed by atoms with Crippen LogP contribution >= 0.6 is 0 Å². The molecule has 0 atom stereocenters. The summed E-state index contributed by atoms with van der Waals surface area (Å²) in [4.78, 5) is 10.7. The summed E-state index contributed by atoms with van der Waals surface area (Å²) in [6, 6.07) is 0. The maximum absolute atomic E-state index is 12.0. The number of ether oxygens (including phenoxy) is 1. The summed E-state index contributed by atoms with van der Waals surface area (Å²) in [5.74, 6) is -2.07. The molecule has 2 fully saturated rings. The highest BCUT2D eigenvalue weighted by Crippen LogP contribution is 2.34. The summed E-state index contributed by atoms with van der Waals surface area (Å²) >= 11 is 0. The normalized spacial score (nSPS) is 33.9. The Kier molecular flexibility index (Phi) is 3.31. The van der Waals surface area contributed by atoms with Crippen LogP contribution < -0.4 is 10.9 Å². The number of nitrogens with one attached hydrogen (secondary N) is 2. The highest BCUT2D eigenvalue weighted by atomic mass is 19.4. The molecule has 1 aliphatic heterocycles. The van der Waals surface area contributed by atoms with Crippen molar-refractivity contribution in [1.29, 1.82) is 0 Å². The van der Waals surface area contributed by atoms with Gasteiger partial charge in [0.2, 0.25) is 0 Å². The van der Waals surface area contributed by atoms with Gasteiger partial charge in [-0.3, -0.25) is 10.9 Å². The van der Waals surface area contributed by atoms with E-state index in [-0.39, 0.29) is 5.54 Å². The fourth-order valence-electron chi connectivity index (χ4n) is 2.47. The van der Waals surface area contributed by atoms with Crippen LogP contribution in [0.3, 0.4) is 0 Å². The van der Waals surface area contributed by atoms with Crippen LogP contribution in [0, 0.1) is 0 Å². The van der Waals surface area contributed by atoms with Gasteiger partial charge < -0.3 is 4.74 Å². The average molecular weight is 252 g/mol. The van der Waals surface area contributed by atoms with Crippen molar-refractivity contribution in [1.82, 2.24) is 10.9 Å². The van der Waals surface area contributed by atoms with E-state index >= 15 is 0 Å². The molecule has 17 heavy (non-hydrogen) atoms. The van der Waals surface area contributed by atoms with Crippen LogP contribution in [0.4, 0.5) is 13.2 Å². The van der Waals surface area contributed by atoms with E-state index in [1.165, 1.54) is 0 Å². The van der Waals surface area contributed by atoms with Crippen molar-refractivity contribution in [3.63, 3.8) is 0 Å². The second-order valence-corrected chi connectivity index (χ2v) is 4.68. The third-order valence-electron chi connectivity index (χ3n) is 3.48. The van der Waals surface area contributed by atoms with Crippen LogP contribution in [0.25, 0.3) is 0 Å². The number of hydrazine groups is 1. The summed E-state index contributed by atoms with van der Waals surface area (Å²) in [5.41, 5.74) is 6.18. The Morgan fingerprint density at radius 1 is 1.24 bits per heavy atom. The number of alkyl halides is 3. The quantitative estimate of drug-likeness (QED) is 0.690. The molecule has 98 valence electrons. The summed E-state index contributed by atoms with van der Waals surface area (Å²) in [6.45, 7) is 0.868. The van der Waals surface area contributed by atoms with Crippen molar-refractivity contribution in [3.05, 3.63) is 0 Å². The van der Waals surface area contributed by atoms with Crippen LogP contribution in [0.5, 0.6) is 0 Å². The topological polar surface area (TPSA) is 50.4 Å². The number of halogens is 3. The van der Waals surface area contributed by atoms with Gasteiger partial charge in [0, 0.05) is 12.1 Å². The van der Waals surface area contributed by atoms with E-state index in [0.29, 0.717) is 12.8 Å². The van der Waals surface area contributed by atoms with E-state index in [9.17, 15) is 18.0 Å². The van der Waals surface area contributed by atoms with E-state index in [2.05, 4.69) is 15.6 Å². The van der Waals surface area contributed by atoms with Gasteiger partial charge in [-0.15, -0.1) is 0 Å². The first-order valence-corrected chi connectivity index (χ1v) is 5.69. The lowest BCUT2D eigenvalue weighted by molar-refractivity contribution is -0.206. The van der Waals surface area contributed by atoms with Gasteiger partial charge in [0.15, 0.2) is 0 Å². The van der Waals surface area contributed by atoms with Gasteiger partial charge in [-0.2, -0.15) is 13.2 Å². The monoisotopic (exact) mass is 252 g/mol. The number of rotatable bonds is 1. The predicted molar refractivity (Wildman–Crippen MR) is 52.9 cm³/mol. The predicted octanol–water partition coefficient (Wildman–Crippen LogP) is 1.27. The zero-order valence-electron chi connectivity index (χ0n) is 9.27. The number of carbonyl (C=O) groups excluding carboxylic acids is 1. The van der Waals surface area contributed by atoms with E-state index in [1.54, 1.807) is 0 Å². The van der Waals surface area contributed by atoms with E-state index < -0.39 is 18.2 Å². The third kappa shape index (κ3) is 2.90. The molecule has 1 spiro atoms. The number of carbonyl (C=O) groups is 1. The van der Waals surface area contributed by atoms with Crippen molar-refractivity contribution >= 4 is 5.97 Å². The Labute approximate surface area is 96.9 Å². The van der Waals surface area contributed by atoms with Gasteiger partial charge in [-0.05, 0) is 32.1 Å². The number of hydrogen-bond donors (Lipinski definition) is 2. The SMILES string of the molecule is O=C(OC1CCC2(CCNN2)CC1)C(F)(F)F. The first kappa shape index (κ1) is 12.6. The minimum absolute atomic E-state index is 0.0128. The van der Waals surface area contributed by atoms with Gasteiger partial charge in [0.25, 0.3) is 0 Å². The van der Waals surface area contributed by atoms with Crippen molar-refractivity contribution in [2.24, 2.45) is 0 Å². The molecule has 0 amide bonds. The minimum Gasteiger partial charge on any atom is -0.456 e. The van der Waals surface area contributed by atoms with Crippen LogP contribution in [0.1, 0.15) is 32.1 Å². The summed E-state index contributed by atoms with van der Waals surface area (Å²) in [5, 5.41) is 0. The van der Waals surface area contributed by atoms with E-state index in [1.807, 2.05) is 0 Å². The highest BCUT2D eigenvalue weighted by Gasteiger charge is 2.44. The van der Waals surface area contributed by atoms with Crippen molar-refractivity contribution in [2.75, 3.05) is 6.54 Å². The zero-order valence-corrected chi connectivity index (χ0v) is 9.27. The molecule has 7 heteroatoms. The molecule has 1 heterocycles. The number of hydrogen-bond acceptors (Lipinski definition) is 4. The molecule has 1 saturated heterocycles. The summed E-state index contributed by atoms with van der Waals surface area (Å²) in [7, 11) is 0. The molecule has 0 aromatic heterocycles. The third-order valence-corrected chi connectivity index (χ3v) is 3.48. The standard InChI is InChI=1S/C10H15F3N2O2/c11-10(12,13)8(16)17-7-1-3-9(4-2-7)5-6-14-15-9/h7,14-15H,1-6H2. The maximum Gasteiger partial charge on any atom is 0.490 e. The molecule has 2 aliphatic rings. The summed E-state index contributed by atoms with van der Waals surface area (Å²) < 4.78 is 40.5. The van der Waals surface area contributed by atoms with Gasteiger partial charge in [-0.1, -0.05) is 0 Å². The lowest BCUT2D eigenvalue weighted by Gasteiger charge is -2.36. The fourth-order valence-corrected chi connectivity index (χ4v) is 2.47. The average Bonchev–Trinajstić information content (AvgIpc) is 2.69. The lowest BCUT2D eigenvalue weighted by Crippen LogP contribution is -2.48. The van der Waals surface area contributed by atoms with Crippen LogP contribution in [0.2, 0.25) is 0 Å². The Balaban J connectivity index is 1.81. The molecule has 0 radical (unpaired) electrons. The number of esters is 1. The molecule has 4 nitrogen and oxygen atoms in total. The Bertz CT molecular complexity index is 290. The van der Waals surface area contributed by atoms with Gasteiger partial charge >= 0.3 is 12.1 Å². The van der Waals surface area contributed by atoms with Gasteiger partial charge in [-0.25, -0.2) is 4.79 Å².